The van der Waals surface area contributed by atoms with Crippen LogP contribution >= 0.6 is 0 Å². The van der Waals surface area contributed by atoms with Crippen LogP contribution in [0.2, 0.25) is 0 Å². The van der Waals surface area contributed by atoms with E-state index in [1.165, 1.54) is 32.0 Å². The molecule has 3 fully saturated rings. The van der Waals surface area contributed by atoms with Crippen molar-refractivity contribution in [1.29, 1.82) is 0 Å². The van der Waals surface area contributed by atoms with E-state index in [4.69, 9.17) is 32.8 Å². The lowest BCUT2D eigenvalue weighted by atomic mass is 9.99. The van der Waals surface area contributed by atoms with E-state index in [1.807, 2.05) is 0 Å². The second-order valence-corrected chi connectivity index (χ2v) is 12.9. The molecule has 6 unspecified atom stereocenters. The molecule has 1 aromatic heterocycles. The number of rotatable bonds is 8. The van der Waals surface area contributed by atoms with Crippen LogP contribution in [0.4, 0.5) is 0 Å². The minimum atomic E-state index is -1.99. The van der Waals surface area contributed by atoms with E-state index in [0.29, 0.717) is 0 Å². The Morgan fingerprint density at radius 3 is 1.72 bits per heavy atom. The molecule has 20 heteroatoms. The van der Waals surface area contributed by atoms with Crippen molar-refractivity contribution in [3.8, 4) is 34.3 Å². The van der Waals surface area contributed by atoms with Crippen molar-refractivity contribution in [3.63, 3.8) is 0 Å². The maximum Gasteiger partial charge on any atom is 0.335 e. The molecule has 20 nitrogen and oxygen atoms in total. The summed E-state index contributed by atoms with van der Waals surface area (Å²) in [6.07, 6.45) is -24.7. The molecule has 3 aromatic rings. The molecule has 4 heterocycles. The minimum absolute atomic E-state index is 0.0949. The molecule has 6 rings (SSSR count). The van der Waals surface area contributed by atoms with E-state index in [9.17, 15) is 65.8 Å². The summed E-state index contributed by atoms with van der Waals surface area (Å²) in [7, 11) is 0. The van der Waals surface area contributed by atoms with Gasteiger partial charge in [0.1, 0.15) is 83.2 Å². The number of benzene rings is 2. The van der Waals surface area contributed by atoms with Crippen molar-refractivity contribution in [1.82, 2.24) is 0 Å². The number of carbonyl (C=O) groups is 1. The minimum Gasteiger partial charge on any atom is -0.507 e. The highest BCUT2D eigenvalue weighted by Gasteiger charge is 2.49. The van der Waals surface area contributed by atoms with Gasteiger partial charge >= 0.3 is 5.97 Å². The predicted molar refractivity (Wildman–Crippen MR) is 170 cm³/mol. The molecule has 3 aliphatic heterocycles. The molecule has 3 aliphatic rings. The number of hydrogen-bond acceptors (Lipinski definition) is 19. The molecule has 0 aliphatic carbocycles. The van der Waals surface area contributed by atoms with Crippen LogP contribution in [0.3, 0.4) is 0 Å². The molecule has 290 valence electrons. The third-order valence-corrected chi connectivity index (χ3v) is 9.18. The number of phenols is 1. The number of hydrogen-bond donors (Lipinski definition) is 11. The fraction of sp³-hybridized carbons (Fsp3) is 0.515. The summed E-state index contributed by atoms with van der Waals surface area (Å²) in [4.78, 5) is 24.7. The summed E-state index contributed by atoms with van der Waals surface area (Å²) in [5.74, 6) is -3.24. The summed E-state index contributed by atoms with van der Waals surface area (Å²) in [6, 6.07) is 6.93. The first-order chi connectivity index (χ1) is 25.0. The number of fused-ring (bicyclic) bond motifs is 1. The molecule has 3 saturated heterocycles. The van der Waals surface area contributed by atoms with Gasteiger partial charge in [-0.05, 0) is 32.0 Å². The Morgan fingerprint density at radius 1 is 0.623 bits per heavy atom. The van der Waals surface area contributed by atoms with Crippen LogP contribution in [0.5, 0.6) is 23.0 Å². The van der Waals surface area contributed by atoms with Gasteiger partial charge in [0.25, 0.3) is 0 Å². The van der Waals surface area contributed by atoms with E-state index in [1.54, 1.807) is 0 Å². The summed E-state index contributed by atoms with van der Waals surface area (Å²) < 4.78 is 39.3. The van der Waals surface area contributed by atoms with Crippen molar-refractivity contribution < 1.29 is 93.8 Å². The molecule has 0 spiro atoms. The third-order valence-electron chi connectivity index (χ3n) is 9.18. The monoisotopic (exact) mass is 754 g/mol. The first-order valence-corrected chi connectivity index (χ1v) is 16.2. The van der Waals surface area contributed by atoms with Crippen LogP contribution in [-0.4, -0.2) is 154 Å². The summed E-state index contributed by atoms with van der Waals surface area (Å²) in [5.41, 5.74) is -0.954. The highest BCUT2D eigenvalue weighted by Crippen LogP contribution is 2.39. The molecule has 15 atom stereocenters. The quantitative estimate of drug-likeness (QED) is 0.108. The van der Waals surface area contributed by atoms with E-state index < -0.39 is 109 Å². The number of aliphatic hydroxyl groups is 9. The van der Waals surface area contributed by atoms with Gasteiger partial charge in [-0.15, -0.1) is 0 Å². The highest BCUT2D eigenvalue weighted by atomic mass is 16.7. The van der Waals surface area contributed by atoms with Gasteiger partial charge in [0, 0.05) is 23.8 Å². The largest absolute Gasteiger partial charge is 0.507 e. The molecular weight excluding hydrogens is 716 g/mol. The zero-order valence-electron chi connectivity index (χ0n) is 27.7. The van der Waals surface area contributed by atoms with E-state index >= 15 is 0 Å². The molecule has 2 aromatic carbocycles. The fourth-order valence-electron chi connectivity index (χ4n) is 6.06. The number of aromatic hydroxyl groups is 1. The Labute approximate surface area is 297 Å². The molecule has 53 heavy (non-hydrogen) atoms. The standard InChI is InChI=1S/C33H38O20/c1-9-20(36)22(38)26(42)31(47-9)51-15-4-3-11(5-17(15)52-32-27(43)23(39)21(37)10(2)48-32)16-8-14(35)19-13(34)6-12(7-18(19)50-16)49-33-28(44)24(40)25(41)29(53-33)30(45)46/h3-10,20-29,31-34,36-44H,1-2H3,(H,45,46)/t9?,10-,20-,21-,22?,23?,24-,25-,26-,27?,28?,29?,31-,32-,33+/m0/s1. The Balaban J connectivity index is 1.36. The Kier molecular flexibility index (Phi) is 10.9. The molecule has 0 saturated carbocycles. The van der Waals surface area contributed by atoms with Crippen molar-refractivity contribution in [2.45, 2.75) is 106 Å². The van der Waals surface area contributed by atoms with Crippen LogP contribution in [0.15, 0.2) is 45.6 Å². The normalized spacial score (nSPS) is 37.6. The molecule has 0 radical (unpaired) electrons. The smallest absolute Gasteiger partial charge is 0.335 e. The van der Waals surface area contributed by atoms with Crippen molar-refractivity contribution >= 4 is 16.9 Å². The second-order valence-electron chi connectivity index (χ2n) is 12.9. The lowest BCUT2D eigenvalue weighted by molar-refractivity contribution is -0.273. The van der Waals surface area contributed by atoms with Crippen molar-refractivity contribution in [2.75, 3.05) is 0 Å². The number of phenolic OH excluding ortho intramolecular Hbond substituents is 1. The molecule has 0 amide bonds. The van der Waals surface area contributed by atoms with Gasteiger partial charge < -0.3 is 89.0 Å². The second kappa shape index (κ2) is 14.9. The predicted octanol–water partition coefficient (Wildman–Crippen LogP) is -3.15. The van der Waals surface area contributed by atoms with Crippen LogP contribution in [0, 0.1) is 0 Å². The molecule has 0 bridgehead atoms. The Bertz CT molecular complexity index is 1870. The van der Waals surface area contributed by atoms with E-state index in [0.717, 1.165) is 18.2 Å². The summed E-state index contributed by atoms with van der Waals surface area (Å²) in [6.45, 7) is 2.84. The van der Waals surface area contributed by atoms with Crippen molar-refractivity contribution in [3.05, 3.63) is 46.6 Å². The van der Waals surface area contributed by atoms with Gasteiger partial charge in [-0.3, -0.25) is 4.79 Å². The van der Waals surface area contributed by atoms with E-state index in [-0.39, 0.29) is 39.5 Å². The lowest BCUT2D eigenvalue weighted by Gasteiger charge is -2.40. The summed E-state index contributed by atoms with van der Waals surface area (Å²) >= 11 is 0. The van der Waals surface area contributed by atoms with Crippen LogP contribution < -0.4 is 19.6 Å². The Morgan fingerprint density at radius 2 is 1.15 bits per heavy atom. The maximum absolute atomic E-state index is 13.2. The molecule has 11 N–H and O–H groups in total. The first-order valence-electron chi connectivity index (χ1n) is 16.2. The average molecular weight is 755 g/mol. The van der Waals surface area contributed by atoms with Gasteiger partial charge in [0.15, 0.2) is 23.0 Å². The molecular formula is C33H38O20. The lowest BCUT2D eigenvalue weighted by Crippen LogP contribution is -2.61. The number of aliphatic hydroxyl groups excluding tert-OH is 9. The van der Waals surface area contributed by atoms with Gasteiger partial charge in [0.05, 0.1) is 12.2 Å². The Hall–Kier alpha value is -4.16. The van der Waals surface area contributed by atoms with Gasteiger partial charge in [0.2, 0.25) is 18.9 Å². The van der Waals surface area contributed by atoms with Crippen LogP contribution in [0.25, 0.3) is 22.3 Å². The highest BCUT2D eigenvalue weighted by molar-refractivity contribution is 5.86. The topological polar surface area (TPSA) is 325 Å². The van der Waals surface area contributed by atoms with E-state index in [2.05, 4.69) is 0 Å². The SMILES string of the molecule is CC1O[C@@H](Oc2ccc(-c3cc(=O)c4c(O)cc(O[C@@H]5OC(C(=O)O)[C@@H](O)[C@H](O)C5O)cc4o3)cc2O[C@@H]2O[C@@H](C)[C@H](O)C(O)C2O)[C@@H](O)C(O)[C@H]1O. The van der Waals surface area contributed by atoms with Gasteiger partial charge in [-0.2, -0.15) is 0 Å². The van der Waals surface area contributed by atoms with Crippen LogP contribution in [-0.2, 0) is 19.0 Å². The number of carboxylic acid groups (broad SMARTS) is 1. The third kappa shape index (κ3) is 7.36. The summed E-state index contributed by atoms with van der Waals surface area (Å²) in [5, 5.41) is 112. The number of carboxylic acids is 1. The van der Waals surface area contributed by atoms with Crippen LogP contribution in [0.1, 0.15) is 13.8 Å². The van der Waals surface area contributed by atoms with Gasteiger partial charge in [-0.1, -0.05) is 0 Å². The zero-order chi connectivity index (χ0) is 38.6. The first kappa shape index (κ1) is 38.6. The fourth-order valence-corrected chi connectivity index (χ4v) is 6.06. The van der Waals surface area contributed by atoms with Gasteiger partial charge in [-0.25, -0.2) is 4.79 Å². The number of aliphatic carboxylic acids is 1. The maximum atomic E-state index is 13.2. The number of ether oxygens (including phenoxy) is 6. The van der Waals surface area contributed by atoms with Crippen molar-refractivity contribution in [2.24, 2.45) is 0 Å². The average Bonchev–Trinajstić information content (AvgIpc) is 3.11. The zero-order valence-corrected chi connectivity index (χ0v) is 27.7.